The second-order valence-electron chi connectivity index (χ2n) is 3.66. The summed E-state index contributed by atoms with van der Waals surface area (Å²) in [5.74, 6) is -3.55. The van der Waals surface area contributed by atoms with Crippen molar-refractivity contribution in [3.05, 3.63) is 26.2 Å². The molecule has 1 aliphatic rings. The SMILES string of the molecule is O=C(ON1C(=O)CCC1=O)c1c(Cl)nc(Cl)c(F)c1Br. The highest BCUT2D eigenvalue weighted by Crippen LogP contribution is 2.31. The second kappa shape index (κ2) is 5.63. The summed E-state index contributed by atoms with van der Waals surface area (Å²) in [4.78, 5) is 42.5. The molecule has 6 nitrogen and oxygen atoms in total. The summed E-state index contributed by atoms with van der Waals surface area (Å²) >= 11 is 13.9. The van der Waals surface area contributed by atoms with E-state index in [0.717, 1.165) is 0 Å². The minimum atomic E-state index is -1.20. The first-order valence-corrected chi connectivity index (χ1v) is 6.66. The lowest BCUT2D eigenvalue weighted by Crippen LogP contribution is -2.32. The highest BCUT2D eigenvalue weighted by molar-refractivity contribution is 9.10. The van der Waals surface area contributed by atoms with Gasteiger partial charge in [0, 0.05) is 12.8 Å². The van der Waals surface area contributed by atoms with Crippen LogP contribution in [0.15, 0.2) is 4.47 Å². The molecule has 0 spiro atoms. The largest absolute Gasteiger partial charge is 0.368 e. The van der Waals surface area contributed by atoms with E-state index in [0.29, 0.717) is 5.06 Å². The molecule has 20 heavy (non-hydrogen) atoms. The van der Waals surface area contributed by atoms with E-state index in [1.54, 1.807) is 0 Å². The summed E-state index contributed by atoms with van der Waals surface area (Å²) in [5, 5.41) is -0.642. The smallest absolute Gasteiger partial charge is 0.325 e. The van der Waals surface area contributed by atoms with Crippen LogP contribution in [0.3, 0.4) is 0 Å². The fraction of sp³-hybridized carbons (Fsp3) is 0.200. The van der Waals surface area contributed by atoms with E-state index in [2.05, 4.69) is 25.8 Å². The molecule has 1 aromatic heterocycles. The molecule has 0 unspecified atom stereocenters. The Morgan fingerprint density at radius 3 is 2.35 bits per heavy atom. The molecule has 0 saturated carbocycles. The monoisotopic (exact) mass is 384 g/mol. The fourth-order valence-corrected chi connectivity index (χ4v) is 2.69. The first kappa shape index (κ1) is 15.1. The minimum Gasteiger partial charge on any atom is -0.325 e. The van der Waals surface area contributed by atoms with E-state index in [-0.39, 0.29) is 17.3 Å². The van der Waals surface area contributed by atoms with E-state index < -0.39 is 39.5 Å². The molecule has 1 fully saturated rings. The highest BCUT2D eigenvalue weighted by atomic mass is 79.9. The quantitative estimate of drug-likeness (QED) is 0.577. The average Bonchev–Trinajstić information content (AvgIpc) is 2.68. The number of hydrogen-bond donors (Lipinski definition) is 0. The van der Waals surface area contributed by atoms with E-state index >= 15 is 0 Å². The summed E-state index contributed by atoms with van der Waals surface area (Å²) < 4.78 is 13.2. The Labute approximate surface area is 129 Å². The number of aromatic nitrogens is 1. The summed E-state index contributed by atoms with van der Waals surface area (Å²) in [7, 11) is 0. The van der Waals surface area contributed by atoms with Gasteiger partial charge in [-0.1, -0.05) is 23.2 Å². The molecule has 0 aromatic carbocycles. The van der Waals surface area contributed by atoms with E-state index in [1.807, 2.05) is 0 Å². The number of carbonyl (C=O) groups is 3. The zero-order chi connectivity index (χ0) is 15.0. The van der Waals surface area contributed by atoms with Crippen molar-refractivity contribution in [3.8, 4) is 0 Å². The third-order valence-electron chi connectivity index (χ3n) is 2.38. The van der Waals surface area contributed by atoms with Gasteiger partial charge < -0.3 is 4.84 Å². The maximum atomic E-state index is 13.5. The van der Waals surface area contributed by atoms with Gasteiger partial charge in [0.25, 0.3) is 11.8 Å². The van der Waals surface area contributed by atoms with Gasteiger partial charge >= 0.3 is 5.97 Å². The van der Waals surface area contributed by atoms with Crippen molar-refractivity contribution in [1.29, 1.82) is 0 Å². The van der Waals surface area contributed by atoms with Gasteiger partial charge in [0.2, 0.25) is 0 Å². The zero-order valence-corrected chi connectivity index (χ0v) is 12.6. The highest BCUT2D eigenvalue weighted by Gasteiger charge is 2.34. The molecule has 0 N–H and O–H groups in total. The van der Waals surface area contributed by atoms with Crippen molar-refractivity contribution in [3.63, 3.8) is 0 Å². The lowest BCUT2D eigenvalue weighted by molar-refractivity contribution is -0.172. The van der Waals surface area contributed by atoms with Crippen LogP contribution < -0.4 is 0 Å². The Balaban J connectivity index is 2.33. The van der Waals surface area contributed by atoms with Gasteiger partial charge in [-0.05, 0) is 15.9 Å². The Morgan fingerprint density at radius 2 is 1.80 bits per heavy atom. The van der Waals surface area contributed by atoms with Crippen molar-refractivity contribution in [2.45, 2.75) is 12.8 Å². The van der Waals surface area contributed by atoms with Crippen LogP contribution in [0.1, 0.15) is 23.2 Å². The predicted molar refractivity (Wildman–Crippen MR) is 68.4 cm³/mol. The number of carbonyl (C=O) groups excluding carboxylic acids is 3. The van der Waals surface area contributed by atoms with Crippen molar-refractivity contribution in [2.24, 2.45) is 0 Å². The molecule has 1 aliphatic heterocycles. The Hall–Kier alpha value is -1.25. The van der Waals surface area contributed by atoms with E-state index in [9.17, 15) is 18.8 Å². The van der Waals surface area contributed by atoms with Crippen LogP contribution in [0.5, 0.6) is 0 Å². The molecule has 2 amide bonds. The minimum absolute atomic E-state index is 0.0613. The number of pyridine rings is 1. The lowest BCUT2D eigenvalue weighted by atomic mass is 10.3. The number of hydroxylamine groups is 2. The van der Waals surface area contributed by atoms with Crippen LogP contribution in [0.2, 0.25) is 10.3 Å². The van der Waals surface area contributed by atoms with Gasteiger partial charge in [-0.3, -0.25) is 9.59 Å². The summed E-state index contributed by atoms with van der Waals surface area (Å²) in [6.07, 6.45) is -0.123. The van der Waals surface area contributed by atoms with Crippen molar-refractivity contribution >= 4 is 56.9 Å². The first-order valence-electron chi connectivity index (χ1n) is 5.11. The molecule has 106 valence electrons. The van der Waals surface area contributed by atoms with Crippen molar-refractivity contribution < 1.29 is 23.6 Å². The number of imide groups is 1. The van der Waals surface area contributed by atoms with Gasteiger partial charge in [0.05, 0.1) is 4.47 Å². The van der Waals surface area contributed by atoms with Gasteiger partial charge in [-0.15, -0.1) is 5.06 Å². The number of halogens is 4. The Kier molecular flexibility index (Phi) is 4.26. The standard InChI is InChI=1S/C10H4BrCl2FN2O4/c11-6-5(8(12)15-9(13)7(6)14)10(19)20-16-3(17)1-2-4(16)18/h1-2H2. The third-order valence-corrected chi connectivity index (χ3v) is 3.65. The Bertz CT molecular complexity index is 624. The van der Waals surface area contributed by atoms with Crippen LogP contribution in [-0.4, -0.2) is 27.8 Å². The molecule has 1 aromatic rings. The predicted octanol–water partition coefficient (Wildman–Crippen LogP) is 2.51. The van der Waals surface area contributed by atoms with Crippen molar-refractivity contribution in [1.82, 2.24) is 10.0 Å². The maximum absolute atomic E-state index is 13.5. The van der Waals surface area contributed by atoms with Gasteiger partial charge in [-0.25, -0.2) is 14.2 Å². The summed E-state index contributed by atoms with van der Waals surface area (Å²) in [6, 6.07) is 0. The number of amides is 2. The zero-order valence-electron chi connectivity index (χ0n) is 9.45. The molecule has 2 heterocycles. The van der Waals surface area contributed by atoms with E-state index in [4.69, 9.17) is 23.2 Å². The molecule has 1 saturated heterocycles. The molecule has 0 bridgehead atoms. The normalized spacial score (nSPS) is 14.9. The molecular formula is C10H4BrCl2FN2O4. The third kappa shape index (κ3) is 2.63. The number of hydrogen-bond acceptors (Lipinski definition) is 5. The van der Waals surface area contributed by atoms with Gasteiger partial charge in [0.1, 0.15) is 10.7 Å². The molecule has 0 atom stereocenters. The van der Waals surface area contributed by atoms with Gasteiger partial charge in [-0.2, -0.15) is 0 Å². The molecule has 2 rings (SSSR count). The lowest BCUT2D eigenvalue weighted by Gasteiger charge is -2.14. The van der Waals surface area contributed by atoms with Crippen LogP contribution in [0.4, 0.5) is 4.39 Å². The molecular weight excluding hydrogens is 382 g/mol. The van der Waals surface area contributed by atoms with E-state index in [1.165, 1.54) is 0 Å². The van der Waals surface area contributed by atoms with Crippen LogP contribution in [0.25, 0.3) is 0 Å². The molecule has 0 aliphatic carbocycles. The maximum Gasteiger partial charge on any atom is 0.368 e. The first-order chi connectivity index (χ1) is 9.32. The molecule has 0 radical (unpaired) electrons. The average molecular weight is 386 g/mol. The number of nitrogens with zero attached hydrogens (tertiary/aromatic N) is 2. The summed E-state index contributed by atoms with van der Waals surface area (Å²) in [5.41, 5.74) is -0.471. The molecule has 10 heteroatoms. The van der Waals surface area contributed by atoms with Gasteiger partial charge in [0.15, 0.2) is 11.0 Å². The Morgan fingerprint density at radius 1 is 1.25 bits per heavy atom. The fourth-order valence-electron chi connectivity index (χ4n) is 1.44. The van der Waals surface area contributed by atoms with Crippen LogP contribution in [0, 0.1) is 5.82 Å². The number of rotatable bonds is 2. The topological polar surface area (TPSA) is 76.6 Å². The van der Waals surface area contributed by atoms with Crippen LogP contribution >= 0.6 is 39.1 Å². The second-order valence-corrected chi connectivity index (χ2v) is 5.17. The van der Waals surface area contributed by atoms with Crippen molar-refractivity contribution in [2.75, 3.05) is 0 Å². The van der Waals surface area contributed by atoms with Crippen LogP contribution in [-0.2, 0) is 14.4 Å². The summed E-state index contributed by atoms with van der Waals surface area (Å²) in [6.45, 7) is 0.